The Hall–Kier alpha value is -2.38. The van der Waals surface area contributed by atoms with E-state index in [0.29, 0.717) is 6.04 Å². The molecular formula is C21H24N4O2S. The number of H-pyrrole nitrogens is 2. The molecule has 0 amide bonds. The number of rotatable bonds is 3. The number of piperidine rings is 1. The molecule has 0 bridgehead atoms. The van der Waals surface area contributed by atoms with Gasteiger partial charge in [-0.1, -0.05) is 30.6 Å². The maximum atomic E-state index is 12.5. The summed E-state index contributed by atoms with van der Waals surface area (Å²) in [6, 6.07) is 9.06. The zero-order chi connectivity index (χ0) is 19.3. The number of aromatic nitrogens is 2. The van der Waals surface area contributed by atoms with Gasteiger partial charge in [-0.25, -0.2) is 0 Å². The first kappa shape index (κ1) is 17.7. The van der Waals surface area contributed by atoms with E-state index in [0.717, 1.165) is 53.5 Å². The molecular weight excluding hydrogens is 372 g/mol. The monoisotopic (exact) mass is 396 g/mol. The van der Waals surface area contributed by atoms with Gasteiger partial charge in [-0.15, -0.1) is 0 Å². The molecule has 1 aromatic carbocycles. The van der Waals surface area contributed by atoms with Crippen molar-refractivity contribution in [3.05, 3.63) is 50.5 Å². The summed E-state index contributed by atoms with van der Waals surface area (Å²) in [5, 5.41) is 3.89. The Bertz CT molecular complexity index is 1110. The van der Waals surface area contributed by atoms with Crippen molar-refractivity contribution in [3.8, 4) is 11.3 Å². The number of pyridine rings is 1. The number of aryl methyl sites for hydroxylation is 1. The number of hydrogen-bond acceptors (Lipinski definition) is 5. The Labute approximate surface area is 166 Å². The van der Waals surface area contributed by atoms with Gasteiger partial charge in [0.1, 0.15) is 5.39 Å². The molecule has 28 heavy (non-hydrogen) atoms. The number of hydrogen-bond donors (Lipinski definition) is 3. The van der Waals surface area contributed by atoms with Crippen LogP contribution in [0.25, 0.3) is 21.3 Å². The lowest BCUT2D eigenvalue weighted by atomic mass is 9.94. The van der Waals surface area contributed by atoms with Crippen molar-refractivity contribution in [3.63, 3.8) is 0 Å². The van der Waals surface area contributed by atoms with Crippen molar-refractivity contribution in [2.75, 3.05) is 24.5 Å². The van der Waals surface area contributed by atoms with Crippen LogP contribution in [-0.2, 0) is 6.42 Å². The first-order valence-corrected chi connectivity index (χ1v) is 10.8. The van der Waals surface area contributed by atoms with Crippen molar-refractivity contribution in [2.45, 2.75) is 32.2 Å². The smallest absolute Gasteiger partial charge is 0.271 e. The first-order valence-electron chi connectivity index (χ1n) is 10.0. The van der Waals surface area contributed by atoms with E-state index in [1.807, 2.05) is 6.92 Å². The maximum Gasteiger partial charge on any atom is 0.271 e. The van der Waals surface area contributed by atoms with Crippen molar-refractivity contribution in [1.29, 1.82) is 0 Å². The molecule has 2 saturated heterocycles. The van der Waals surface area contributed by atoms with E-state index in [9.17, 15) is 9.59 Å². The minimum atomic E-state index is -0.316. The Morgan fingerprint density at radius 1 is 1.14 bits per heavy atom. The lowest BCUT2D eigenvalue weighted by Gasteiger charge is -2.24. The van der Waals surface area contributed by atoms with Crippen LogP contribution >= 0.6 is 11.5 Å². The molecule has 4 heterocycles. The topological polar surface area (TPSA) is 81.0 Å². The van der Waals surface area contributed by atoms with Crippen LogP contribution in [0.15, 0.2) is 33.9 Å². The Balaban J connectivity index is 1.49. The SMILES string of the molecule is CCc1c(-c2ccc(N3CC4CCCNC4C3)cc2)[nH]c(=O)c2c(=O)[nH]sc12. The minimum absolute atomic E-state index is 0.245. The average molecular weight is 397 g/mol. The van der Waals surface area contributed by atoms with Gasteiger partial charge < -0.3 is 15.2 Å². The van der Waals surface area contributed by atoms with Gasteiger partial charge in [0, 0.05) is 24.8 Å². The first-order chi connectivity index (χ1) is 13.7. The molecule has 0 saturated carbocycles. The molecule has 5 rings (SSSR count). The molecule has 7 heteroatoms. The van der Waals surface area contributed by atoms with Crippen molar-refractivity contribution in [1.82, 2.24) is 14.7 Å². The Kier molecular flexibility index (Phi) is 4.36. The molecule has 3 aromatic rings. The molecule has 2 unspecified atom stereocenters. The molecule has 0 aliphatic carbocycles. The standard InChI is InChI=1S/C21H24N4O2S/c1-2-15-18(23-20(26)17-19(15)28-24-21(17)27)12-5-7-14(8-6-12)25-10-13-4-3-9-22-16(13)11-25/h5-8,13,16,22H,2-4,9-11H2,1H3,(H,23,26)(H,24,27). The largest absolute Gasteiger partial charge is 0.370 e. The second-order valence-corrected chi connectivity index (χ2v) is 8.63. The van der Waals surface area contributed by atoms with E-state index in [1.165, 1.54) is 30.1 Å². The lowest BCUT2D eigenvalue weighted by molar-refractivity contribution is 0.340. The minimum Gasteiger partial charge on any atom is -0.370 e. The highest BCUT2D eigenvalue weighted by molar-refractivity contribution is 7.13. The highest BCUT2D eigenvalue weighted by atomic mass is 32.1. The zero-order valence-corrected chi connectivity index (χ0v) is 16.7. The number of aromatic amines is 2. The molecule has 2 aliphatic heterocycles. The average Bonchev–Trinajstić information content (AvgIpc) is 3.32. The van der Waals surface area contributed by atoms with Gasteiger partial charge in [0.15, 0.2) is 0 Å². The zero-order valence-electron chi connectivity index (χ0n) is 15.9. The van der Waals surface area contributed by atoms with E-state index >= 15 is 0 Å². The maximum absolute atomic E-state index is 12.5. The number of benzene rings is 1. The van der Waals surface area contributed by atoms with Gasteiger partial charge in [-0.2, -0.15) is 0 Å². The summed E-state index contributed by atoms with van der Waals surface area (Å²) in [6.45, 7) is 5.35. The second kappa shape index (κ2) is 6.90. The van der Waals surface area contributed by atoms with E-state index in [2.05, 4.69) is 43.8 Å². The van der Waals surface area contributed by atoms with E-state index in [4.69, 9.17) is 0 Å². The van der Waals surface area contributed by atoms with Crippen LogP contribution in [0.2, 0.25) is 0 Å². The van der Waals surface area contributed by atoms with Crippen LogP contribution in [0.5, 0.6) is 0 Å². The van der Waals surface area contributed by atoms with Crippen LogP contribution in [0.1, 0.15) is 25.3 Å². The van der Waals surface area contributed by atoms with Crippen LogP contribution < -0.4 is 21.3 Å². The predicted molar refractivity (Wildman–Crippen MR) is 115 cm³/mol. The van der Waals surface area contributed by atoms with Gasteiger partial charge in [0.25, 0.3) is 11.1 Å². The fourth-order valence-corrected chi connectivity index (χ4v) is 5.72. The molecule has 2 aliphatic rings. The summed E-state index contributed by atoms with van der Waals surface area (Å²) in [6.07, 6.45) is 3.33. The summed E-state index contributed by atoms with van der Waals surface area (Å²) in [5.74, 6) is 0.746. The third kappa shape index (κ3) is 2.81. The van der Waals surface area contributed by atoms with Crippen molar-refractivity contribution in [2.24, 2.45) is 5.92 Å². The highest BCUT2D eigenvalue weighted by Gasteiger charge is 2.34. The molecule has 2 fully saturated rings. The fraction of sp³-hybridized carbons (Fsp3) is 0.429. The number of nitrogens with one attached hydrogen (secondary N) is 3. The molecule has 146 valence electrons. The molecule has 0 radical (unpaired) electrons. The molecule has 0 spiro atoms. The second-order valence-electron chi connectivity index (χ2n) is 7.81. The van der Waals surface area contributed by atoms with Crippen LogP contribution in [-0.4, -0.2) is 35.0 Å². The number of nitrogens with zero attached hydrogens (tertiary/aromatic N) is 1. The van der Waals surface area contributed by atoms with E-state index in [-0.39, 0.29) is 16.5 Å². The number of anilines is 1. The molecule has 3 N–H and O–H groups in total. The number of fused-ring (bicyclic) bond motifs is 2. The normalized spacial score (nSPS) is 22.0. The molecule has 2 atom stereocenters. The van der Waals surface area contributed by atoms with E-state index in [1.54, 1.807) is 0 Å². The van der Waals surface area contributed by atoms with E-state index < -0.39 is 0 Å². The molecule has 2 aromatic heterocycles. The van der Waals surface area contributed by atoms with Crippen molar-refractivity contribution >= 4 is 27.3 Å². The molecule has 6 nitrogen and oxygen atoms in total. The fourth-order valence-electron chi connectivity index (χ4n) is 4.77. The highest BCUT2D eigenvalue weighted by Crippen LogP contribution is 2.32. The Morgan fingerprint density at radius 2 is 1.96 bits per heavy atom. The summed E-state index contributed by atoms with van der Waals surface area (Å²) in [5.41, 5.74) is 3.42. The quantitative estimate of drug-likeness (QED) is 0.636. The van der Waals surface area contributed by atoms with Gasteiger partial charge in [0.2, 0.25) is 0 Å². The van der Waals surface area contributed by atoms with Gasteiger partial charge in [0.05, 0.1) is 10.4 Å². The van der Waals surface area contributed by atoms with Gasteiger partial charge >= 0.3 is 0 Å². The van der Waals surface area contributed by atoms with Crippen LogP contribution in [0.3, 0.4) is 0 Å². The lowest BCUT2D eigenvalue weighted by Crippen LogP contribution is -2.40. The summed E-state index contributed by atoms with van der Waals surface area (Å²) >= 11 is 1.25. The van der Waals surface area contributed by atoms with Crippen LogP contribution in [0, 0.1) is 5.92 Å². The van der Waals surface area contributed by atoms with Gasteiger partial charge in [-0.3, -0.25) is 14.0 Å². The summed E-state index contributed by atoms with van der Waals surface area (Å²) < 4.78 is 3.46. The predicted octanol–water partition coefficient (Wildman–Crippen LogP) is 2.70. The van der Waals surface area contributed by atoms with Crippen LogP contribution in [0.4, 0.5) is 5.69 Å². The summed E-state index contributed by atoms with van der Waals surface area (Å²) in [7, 11) is 0. The van der Waals surface area contributed by atoms with Crippen molar-refractivity contribution < 1.29 is 0 Å². The van der Waals surface area contributed by atoms with Gasteiger partial charge in [-0.05, 0) is 55.0 Å². The summed E-state index contributed by atoms with van der Waals surface area (Å²) in [4.78, 5) is 29.8. The Morgan fingerprint density at radius 3 is 2.71 bits per heavy atom. The third-order valence-electron chi connectivity index (χ3n) is 6.22. The third-order valence-corrected chi connectivity index (χ3v) is 7.16.